The summed E-state index contributed by atoms with van der Waals surface area (Å²) in [5, 5.41) is 10.1. The second-order valence-electron chi connectivity index (χ2n) is 6.46. The molecule has 0 bridgehead atoms. The number of likely N-dealkylation sites (tertiary alicyclic amines) is 1. The topological polar surface area (TPSA) is 56.7 Å². The Morgan fingerprint density at radius 1 is 1.32 bits per heavy atom. The summed E-state index contributed by atoms with van der Waals surface area (Å²) in [6, 6.07) is 10.7. The number of nitrogens with zero attached hydrogens (tertiary/aromatic N) is 3. The highest BCUT2D eigenvalue weighted by molar-refractivity contribution is 7.15. The second-order valence-corrected chi connectivity index (χ2v) is 7.58. The quantitative estimate of drug-likeness (QED) is 0.823. The van der Waals surface area contributed by atoms with E-state index in [2.05, 4.69) is 26.9 Å². The third-order valence-corrected chi connectivity index (χ3v) is 5.80. The largest absolute Gasteiger partial charge is 0.480 e. The Labute approximate surface area is 152 Å². The van der Waals surface area contributed by atoms with Gasteiger partial charge in [0.05, 0.1) is 6.54 Å². The minimum Gasteiger partial charge on any atom is -0.480 e. The van der Waals surface area contributed by atoms with Crippen LogP contribution in [0.2, 0.25) is 0 Å². The highest BCUT2D eigenvalue weighted by atomic mass is 32.1. The third kappa shape index (κ3) is 4.87. The molecule has 3 rings (SSSR count). The Hall–Kier alpha value is -1.76. The number of carbonyl (C=O) groups is 1. The van der Waals surface area contributed by atoms with E-state index in [-0.39, 0.29) is 6.54 Å². The molecule has 0 spiro atoms. The summed E-state index contributed by atoms with van der Waals surface area (Å²) in [4.78, 5) is 21.4. The molecule has 1 aliphatic rings. The maximum atomic E-state index is 11.0. The van der Waals surface area contributed by atoms with E-state index in [4.69, 9.17) is 5.11 Å². The monoisotopic (exact) mass is 359 g/mol. The fourth-order valence-corrected chi connectivity index (χ4v) is 4.39. The molecule has 1 aliphatic heterocycles. The van der Waals surface area contributed by atoms with Crippen molar-refractivity contribution >= 4 is 17.3 Å². The van der Waals surface area contributed by atoms with E-state index in [1.807, 2.05) is 31.3 Å². The minimum absolute atomic E-state index is 0.149. The van der Waals surface area contributed by atoms with E-state index in [0.717, 1.165) is 44.0 Å². The number of aromatic nitrogens is 1. The number of carboxylic acid groups (broad SMARTS) is 1. The number of thiazole rings is 1. The molecule has 0 aliphatic carbocycles. The minimum atomic E-state index is -0.734. The van der Waals surface area contributed by atoms with E-state index in [0.29, 0.717) is 6.04 Å². The summed E-state index contributed by atoms with van der Waals surface area (Å²) in [6.45, 7) is 5.95. The number of hydrogen-bond donors (Lipinski definition) is 1. The van der Waals surface area contributed by atoms with Gasteiger partial charge in [-0.3, -0.25) is 14.6 Å². The van der Waals surface area contributed by atoms with Crippen LogP contribution < -0.4 is 0 Å². The Kier molecular flexibility index (Phi) is 6.18. The molecule has 6 heteroatoms. The predicted octanol–water partition coefficient (Wildman–Crippen LogP) is 3.18. The fourth-order valence-electron chi connectivity index (χ4n) is 3.43. The van der Waals surface area contributed by atoms with Gasteiger partial charge in [-0.2, -0.15) is 0 Å². The van der Waals surface area contributed by atoms with Crippen molar-refractivity contribution < 1.29 is 9.90 Å². The molecule has 0 saturated carbocycles. The Morgan fingerprint density at radius 2 is 2.04 bits per heavy atom. The van der Waals surface area contributed by atoms with Gasteiger partial charge in [0.25, 0.3) is 0 Å². The van der Waals surface area contributed by atoms with Crippen LogP contribution in [0.4, 0.5) is 0 Å². The van der Waals surface area contributed by atoms with Gasteiger partial charge in [0.15, 0.2) is 0 Å². The standard InChI is InChI=1S/C19H25N3O2S/c1-2-22(14-18(23)24)16-8-10-21(11-9-16)13-17-12-20-19(25-17)15-6-4-3-5-7-15/h3-7,12,16H,2,8-11,13-14H2,1H3,(H,23,24). The van der Waals surface area contributed by atoms with Crippen LogP contribution in [0.5, 0.6) is 0 Å². The predicted molar refractivity (Wildman–Crippen MR) is 101 cm³/mol. The van der Waals surface area contributed by atoms with Gasteiger partial charge in [0, 0.05) is 42.3 Å². The van der Waals surface area contributed by atoms with Crippen LogP contribution in [-0.2, 0) is 11.3 Å². The molecular weight excluding hydrogens is 334 g/mol. The summed E-state index contributed by atoms with van der Waals surface area (Å²) >= 11 is 1.76. The zero-order valence-electron chi connectivity index (χ0n) is 14.6. The van der Waals surface area contributed by atoms with E-state index in [1.54, 1.807) is 11.3 Å². The lowest BCUT2D eigenvalue weighted by molar-refractivity contribution is -0.139. The van der Waals surface area contributed by atoms with Gasteiger partial charge in [-0.15, -0.1) is 11.3 Å². The Morgan fingerprint density at radius 3 is 2.68 bits per heavy atom. The molecule has 25 heavy (non-hydrogen) atoms. The number of rotatable bonds is 7. The second kappa shape index (κ2) is 8.56. The SMILES string of the molecule is CCN(CC(=O)O)C1CCN(Cc2cnc(-c3ccccc3)s2)CC1. The van der Waals surface area contributed by atoms with Crippen LogP contribution in [0.25, 0.3) is 10.6 Å². The van der Waals surface area contributed by atoms with Gasteiger partial charge in [0.2, 0.25) is 0 Å². The number of likely N-dealkylation sites (N-methyl/N-ethyl adjacent to an activating group) is 1. The molecule has 0 atom stereocenters. The van der Waals surface area contributed by atoms with Crippen LogP contribution in [0, 0.1) is 0 Å². The lowest BCUT2D eigenvalue weighted by atomic mass is 10.0. The highest BCUT2D eigenvalue weighted by Crippen LogP contribution is 2.26. The van der Waals surface area contributed by atoms with Crippen molar-refractivity contribution in [3.8, 4) is 10.6 Å². The van der Waals surface area contributed by atoms with Crippen molar-refractivity contribution in [2.75, 3.05) is 26.2 Å². The molecule has 0 amide bonds. The first kappa shape index (κ1) is 18.0. The molecule has 5 nitrogen and oxygen atoms in total. The molecule has 2 heterocycles. The maximum absolute atomic E-state index is 11.0. The smallest absolute Gasteiger partial charge is 0.317 e. The van der Waals surface area contributed by atoms with E-state index in [9.17, 15) is 4.79 Å². The highest BCUT2D eigenvalue weighted by Gasteiger charge is 2.25. The summed E-state index contributed by atoms with van der Waals surface area (Å²) in [6.07, 6.45) is 4.05. The molecule has 1 fully saturated rings. The number of piperidine rings is 1. The third-order valence-electron chi connectivity index (χ3n) is 4.77. The first-order valence-electron chi connectivity index (χ1n) is 8.84. The number of hydrogen-bond acceptors (Lipinski definition) is 5. The lowest BCUT2D eigenvalue weighted by Gasteiger charge is -2.37. The Bertz CT molecular complexity index is 681. The molecule has 0 radical (unpaired) electrons. The van der Waals surface area contributed by atoms with Gasteiger partial charge in [0.1, 0.15) is 5.01 Å². The first-order valence-corrected chi connectivity index (χ1v) is 9.65. The first-order chi connectivity index (χ1) is 12.2. The average molecular weight is 359 g/mol. The Balaban J connectivity index is 1.52. The molecule has 1 aromatic heterocycles. The van der Waals surface area contributed by atoms with Gasteiger partial charge >= 0.3 is 5.97 Å². The summed E-state index contributed by atoms with van der Waals surface area (Å²) in [5.41, 5.74) is 1.17. The summed E-state index contributed by atoms with van der Waals surface area (Å²) < 4.78 is 0. The number of benzene rings is 1. The van der Waals surface area contributed by atoms with Crippen molar-refractivity contribution in [3.05, 3.63) is 41.4 Å². The molecular formula is C19H25N3O2S. The van der Waals surface area contributed by atoms with Crippen LogP contribution in [0.15, 0.2) is 36.5 Å². The molecule has 2 aromatic rings. The van der Waals surface area contributed by atoms with Crippen molar-refractivity contribution in [2.24, 2.45) is 0 Å². The zero-order chi connectivity index (χ0) is 17.6. The summed E-state index contributed by atoms with van der Waals surface area (Å²) in [5.74, 6) is -0.734. The molecule has 1 saturated heterocycles. The van der Waals surface area contributed by atoms with Crippen molar-refractivity contribution in [2.45, 2.75) is 32.4 Å². The fraction of sp³-hybridized carbons (Fsp3) is 0.474. The average Bonchev–Trinajstić information content (AvgIpc) is 3.09. The van der Waals surface area contributed by atoms with Crippen molar-refractivity contribution in [3.63, 3.8) is 0 Å². The van der Waals surface area contributed by atoms with Gasteiger partial charge in [-0.25, -0.2) is 4.98 Å². The molecule has 1 N–H and O–H groups in total. The van der Waals surface area contributed by atoms with E-state index in [1.165, 1.54) is 10.4 Å². The van der Waals surface area contributed by atoms with E-state index < -0.39 is 5.97 Å². The zero-order valence-corrected chi connectivity index (χ0v) is 15.4. The van der Waals surface area contributed by atoms with Crippen LogP contribution in [0.3, 0.4) is 0 Å². The van der Waals surface area contributed by atoms with Crippen LogP contribution in [0.1, 0.15) is 24.6 Å². The van der Waals surface area contributed by atoms with Crippen molar-refractivity contribution in [1.82, 2.24) is 14.8 Å². The normalized spacial score (nSPS) is 16.4. The van der Waals surface area contributed by atoms with E-state index >= 15 is 0 Å². The van der Waals surface area contributed by atoms with Gasteiger partial charge < -0.3 is 5.11 Å². The molecule has 1 aromatic carbocycles. The van der Waals surface area contributed by atoms with Crippen molar-refractivity contribution in [1.29, 1.82) is 0 Å². The van der Waals surface area contributed by atoms with Gasteiger partial charge in [-0.05, 0) is 19.4 Å². The maximum Gasteiger partial charge on any atom is 0.317 e. The van der Waals surface area contributed by atoms with Crippen LogP contribution >= 0.6 is 11.3 Å². The number of carboxylic acids is 1. The molecule has 0 unspecified atom stereocenters. The lowest BCUT2D eigenvalue weighted by Crippen LogP contribution is -2.46. The van der Waals surface area contributed by atoms with Gasteiger partial charge in [-0.1, -0.05) is 37.3 Å². The number of aliphatic carboxylic acids is 1. The molecule has 134 valence electrons. The van der Waals surface area contributed by atoms with Crippen LogP contribution in [-0.4, -0.2) is 58.1 Å². The summed E-state index contributed by atoms with van der Waals surface area (Å²) in [7, 11) is 0.